The van der Waals surface area contributed by atoms with Crippen molar-refractivity contribution in [2.45, 2.75) is 103 Å². The smallest absolute Gasteiger partial charge is 0.233 e. The largest absolute Gasteiger partial charge is 0.381 e. The predicted molar refractivity (Wildman–Crippen MR) is 177 cm³/mol. The molecule has 1 atom stereocenters. The summed E-state index contributed by atoms with van der Waals surface area (Å²) in [6.45, 7) is 12.8. The number of likely N-dealkylation sites (tertiary alicyclic amines) is 1. The summed E-state index contributed by atoms with van der Waals surface area (Å²) in [5.41, 5.74) is 5.81. The number of fused-ring (bicyclic) bond motifs is 3. The Morgan fingerprint density at radius 2 is 1.66 bits per heavy atom. The highest BCUT2D eigenvalue weighted by Crippen LogP contribution is 2.44. The highest BCUT2D eigenvalue weighted by atomic mass is 32.1. The summed E-state index contributed by atoms with van der Waals surface area (Å²) >= 11 is 1.76. The van der Waals surface area contributed by atoms with Crippen LogP contribution in [0.5, 0.6) is 0 Å². The number of nitrogens with zero attached hydrogens (tertiary/aromatic N) is 2. The van der Waals surface area contributed by atoms with E-state index >= 15 is 0 Å². The van der Waals surface area contributed by atoms with Crippen molar-refractivity contribution < 1.29 is 14.3 Å². The van der Waals surface area contributed by atoms with Crippen LogP contribution >= 0.6 is 11.3 Å². The van der Waals surface area contributed by atoms with Gasteiger partial charge in [-0.2, -0.15) is 0 Å². The summed E-state index contributed by atoms with van der Waals surface area (Å²) in [6, 6.07) is 10.3. The highest BCUT2D eigenvalue weighted by molar-refractivity contribution is 7.19. The first kappa shape index (κ1) is 30.0. The van der Waals surface area contributed by atoms with Crippen LogP contribution in [0.1, 0.15) is 80.4 Å². The lowest BCUT2D eigenvalue weighted by molar-refractivity contribution is -0.137. The van der Waals surface area contributed by atoms with Gasteiger partial charge in [0.15, 0.2) is 0 Å². The molecule has 8 heteroatoms. The number of hydrogen-bond donors (Lipinski definition) is 2. The number of ether oxygens (including phenoxy) is 1. The first-order valence-electron chi connectivity index (χ1n) is 16.8. The predicted octanol–water partition coefficient (Wildman–Crippen LogP) is 6.10. The molecule has 7 rings (SSSR count). The van der Waals surface area contributed by atoms with Gasteiger partial charge in [-0.25, -0.2) is 0 Å². The molecule has 0 spiro atoms. The molecule has 7 nitrogen and oxygen atoms in total. The Labute approximate surface area is 265 Å². The van der Waals surface area contributed by atoms with Crippen molar-refractivity contribution in [3.63, 3.8) is 0 Å². The molecule has 4 aliphatic rings. The van der Waals surface area contributed by atoms with Crippen LogP contribution in [-0.2, 0) is 26.2 Å². The number of carbonyl (C=O) groups excluding carboxylic acids is 2. The maximum absolute atomic E-state index is 14.0. The lowest BCUT2D eigenvalue weighted by Crippen LogP contribution is -2.46. The maximum atomic E-state index is 14.0. The summed E-state index contributed by atoms with van der Waals surface area (Å²) < 4.78 is 5.41. The fourth-order valence-corrected chi connectivity index (χ4v) is 9.45. The Morgan fingerprint density at radius 1 is 0.977 bits per heavy atom. The van der Waals surface area contributed by atoms with E-state index in [2.05, 4.69) is 72.1 Å². The second kappa shape index (κ2) is 11.9. The third kappa shape index (κ3) is 5.62. The number of aryl methyl sites for hydroxylation is 2. The van der Waals surface area contributed by atoms with E-state index in [1.807, 2.05) is 0 Å². The number of H-pyrrole nitrogens is 1. The Morgan fingerprint density at radius 3 is 2.30 bits per heavy atom. The second-order valence-electron chi connectivity index (χ2n) is 14.4. The summed E-state index contributed by atoms with van der Waals surface area (Å²) in [4.78, 5) is 37.5. The molecule has 1 unspecified atom stereocenters. The Balaban J connectivity index is 1.10. The first-order chi connectivity index (χ1) is 21.2. The molecule has 3 aromatic rings. The molecule has 2 bridgehead atoms. The van der Waals surface area contributed by atoms with E-state index in [1.54, 1.807) is 11.3 Å². The van der Waals surface area contributed by atoms with Crippen molar-refractivity contribution in [3.8, 4) is 11.3 Å². The minimum absolute atomic E-state index is 0.0222. The van der Waals surface area contributed by atoms with Crippen molar-refractivity contribution in [2.24, 2.45) is 5.92 Å². The lowest BCUT2D eigenvalue weighted by atomic mass is 9.88. The zero-order valence-electron chi connectivity index (χ0n) is 26.8. The number of aromatic nitrogens is 1. The third-order valence-corrected chi connectivity index (χ3v) is 12.2. The Kier molecular flexibility index (Phi) is 8.13. The van der Waals surface area contributed by atoms with Crippen LogP contribution in [0.2, 0.25) is 0 Å². The van der Waals surface area contributed by atoms with E-state index in [9.17, 15) is 9.59 Å². The topological polar surface area (TPSA) is 77.7 Å². The van der Waals surface area contributed by atoms with Gasteiger partial charge in [-0.15, -0.1) is 11.3 Å². The average molecular weight is 617 g/mol. The zero-order valence-corrected chi connectivity index (χ0v) is 27.7. The van der Waals surface area contributed by atoms with Crippen LogP contribution in [0.25, 0.3) is 21.5 Å². The minimum Gasteiger partial charge on any atom is -0.381 e. The van der Waals surface area contributed by atoms with Crippen LogP contribution in [0.4, 0.5) is 0 Å². The molecule has 4 saturated heterocycles. The van der Waals surface area contributed by atoms with Crippen molar-refractivity contribution in [1.82, 2.24) is 20.1 Å². The lowest BCUT2D eigenvalue weighted by Gasteiger charge is -2.33. The third-order valence-electron chi connectivity index (χ3n) is 10.9. The molecule has 0 radical (unpaired) electrons. The van der Waals surface area contributed by atoms with E-state index < -0.39 is 5.41 Å². The van der Waals surface area contributed by atoms with Crippen molar-refractivity contribution >= 4 is 33.4 Å². The average Bonchev–Trinajstić information content (AvgIpc) is 3.83. The summed E-state index contributed by atoms with van der Waals surface area (Å²) in [5.74, 6) is 0.493. The fraction of sp³-hybridized carbons (Fsp3) is 0.611. The number of thiophene rings is 1. The Hall–Kier alpha value is -2.68. The highest BCUT2D eigenvalue weighted by Gasteiger charge is 2.47. The second-order valence-corrected chi connectivity index (χ2v) is 15.5. The standard InChI is InChI=1S/C36H48N4O3S/c1-22-17-23(2)19-25(18-22)32-29(11-15-39-13-9-26(10-14-39)37-33(41)24-12-16-43-21-24)30-20-31(44-34(30)38-32)36(3,4)35(42)40-27-5-6-28(40)8-7-27/h17-20,24,26-28,38H,5-16,21H2,1-4H3,(H,37,41). The van der Waals surface area contributed by atoms with Gasteiger partial charge < -0.3 is 24.8 Å². The van der Waals surface area contributed by atoms with E-state index in [0.717, 1.165) is 50.2 Å². The molecular formula is C36H48N4O3S. The molecular weight excluding hydrogens is 568 g/mol. The monoisotopic (exact) mass is 616 g/mol. The van der Waals surface area contributed by atoms with Crippen molar-refractivity contribution in [2.75, 3.05) is 32.8 Å². The van der Waals surface area contributed by atoms with Gasteiger partial charge in [0.1, 0.15) is 4.83 Å². The van der Waals surface area contributed by atoms with Gasteiger partial charge in [-0.3, -0.25) is 9.59 Å². The SMILES string of the molecule is Cc1cc(C)cc(-c2[nH]c3sc(C(C)(C)C(=O)N4C5CCC4CC5)cc3c2CCN2CCC(NC(=O)C3CCOC3)CC2)c1. The molecule has 1 aromatic carbocycles. The van der Waals surface area contributed by atoms with E-state index in [4.69, 9.17) is 4.74 Å². The molecule has 4 fully saturated rings. The number of aromatic amines is 1. The maximum Gasteiger partial charge on any atom is 0.233 e. The number of hydrogen-bond acceptors (Lipinski definition) is 5. The molecule has 0 saturated carbocycles. The Bertz CT molecular complexity index is 1500. The van der Waals surface area contributed by atoms with Gasteiger partial charge in [-0.05, 0) is 108 Å². The summed E-state index contributed by atoms with van der Waals surface area (Å²) in [5, 5.41) is 4.56. The van der Waals surface area contributed by atoms with Gasteiger partial charge in [0.05, 0.1) is 23.6 Å². The number of benzene rings is 1. The number of amides is 2. The number of carbonyl (C=O) groups is 2. The van der Waals surface area contributed by atoms with Gasteiger partial charge in [0.25, 0.3) is 0 Å². The van der Waals surface area contributed by atoms with Crippen molar-refractivity contribution in [3.05, 3.63) is 45.8 Å². The van der Waals surface area contributed by atoms with Crippen LogP contribution < -0.4 is 5.32 Å². The molecule has 2 amide bonds. The van der Waals surface area contributed by atoms with E-state index in [0.29, 0.717) is 31.2 Å². The molecule has 4 aliphatic heterocycles. The number of rotatable bonds is 8. The minimum atomic E-state index is -0.538. The molecule has 236 valence electrons. The summed E-state index contributed by atoms with van der Waals surface area (Å²) in [6.07, 6.45) is 8.43. The van der Waals surface area contributed by atoms with Gasteiger partial charge in [0, 0.05) is 54.6 Å². The molecule has 44 heavy (non-hydrogen) atoms. The van der Waals surface area contributed by atoms with Gasteiger partial charge in [0.2, 0.25) is 11.8 Å². The molecule has 2 aromatic heterocycles. The van der Waals surface area contributed by atoms with Crippen molar-refractivity contribution in [1.29, 1.82) is 0 Å². The van der Waals surface area contributed by atoms with E-state index in [-0.39, 0.29) is 17.9 Å². The van der Waals surface area contributed by atoms with E-state index in [1.165, 1.54) is 63.8 Å². The number of nitrogens with one attached hydrogen (secondary N) is 2. The van der Waals surface area contributed by atoms with Crippen LogP contribution in [0.3, 0.4) is 0 Å². The molecule has 0 aliphatic carbocycles. The normalized spacial score (nSPS) is 24.5. The zero-order chi connectivity index (χ0) is 30.6. The molecule has 6 heterocycles. The van der Waals surface area contributed by atoms with Crippen LogP contribution in [0, 0.1) is 19.8 Å². The quantitative estimate of drug-likeness (QED) is 0.321. The summed E-state index contributed by atoms with van der Waals surface area (Å²) in [7, 11) is 0. The van der Waals surface area contributed by atoms with Crippen LogP contribution in [0.15, 0.2) is 24.3 Å². The first-order valence-corrected chi connectivity index (χ1v) is 17.7. The number of piperidine rings is 1. The fourth-order valence-electron chi connectivity index (χ4n) is 8.27. The van der Waals surface area contributed by atoms with Gasteiger partial charge >= 0.3 is 0 Å². The molecule has 2 N–H and O–H groups in total. The van der Waals surface area contributed by atoms with Gasteiger partial charge in [-0.1, -0.05) is 17.2 Å². The van der Waals surface area contributed by atoms with Crippen LogP contribution in [-0.4, -0.2) is 77.6 Å².